The molecule has 1 aromatic rings. The van der Waals surface area contributed by atoms with Crippen LogP contribution >= 0.6 is 11.8 Å². The Morgan fingerprint density at radius 2 is 1.64 bits per heavy atom. The van der Waals surface area contributed by atoms with Crippen LogP contribution in [-0.2, 0) is 25.7 Å². The second kappa shape index (κ2) is 19.9. The fraction of sp³-hybridized carbons (Fsp3) is 0.588. The predicted octanol–water partition coefficient (Wildman–Crippen LogP) is 4.10. The molecule has 0 spiro atoms. The summed E-state index contributed by atoms with van der Waals surface area (Å²) in [5.74, 6) is -1.06. The smallest absolute Gasteiger partial charge is 0.408 e. The van der Waals surface area contributed by atoms with Gasteiger partial charge in [0.1, 0.15) is 18.7 Å². The molecular weight excluding hydrogens is 592 g/mol. The number of alkyl carbamates (subject to hydrolysis) is 1. The quantitative estimate of drug-likeness (QED) is 0.153. The number of hydrogen-bond donors (Lipinski definition) is 5. The standard InChI is InChI=1S/C34H52N4O6S/c1-22(2)18-28(36-32(41)27(16-17-45-6)37-34(43)44-21-26-14-10-11-15-26)29(39)19-24(5)31(40)38-30(23(3)4)33(42)35-20-25-12-8-7-9-13-25/h7-14,22-24,27-30,39H,15-21H2,1-6H3,(H,35,42)(H,36,41)(H,37,43)(H,38,40)/t24-,27+,28+,29+,30+/m1/s1. The van der Waals surface area contributed by atoms with Crippen LogP contribution in [0.4, 0.5) is 4.79 Å². The molecule has 0 aliphatic heterocycles. The van der Waals surface area contributed by atoms with Crippen LogP contribution in [0.1, 0.15) is 65.9 Å². The molecule has 5 N–H and O–H groups in total. The van der Waals surface area contributed by atoms with Gasteiger partial charge in [0, 0.05) is 12.5 Å². The van der Waals surface area contributed by atoms with Crippen LogP contribution < -0.4 is 21.3 Å². The van der Waals surface area contributed by atoms with Gasteiger partial charge in [-0.25, -0.2) is 4.79 Å². The minimum atomic E-state index is -1.03. The second-order valence-corrected chi connectivity index (χ2v) is 13.4. The number of rotatable bonds is 19. The Morgan fingerprint density at radius 1 is 0.933 bits per heavy atom. The zero-order valence-corrected chi connectivity index (χ0v) is 28.3. The Bertz CT molecular complexity index is 1160. The van der Waals surface area contributed by atoms with Crippen molar-refractivity contribution < 1.29 is 29.0 Å². The van der Waals surface area contributed by atoms with Crippen molar-refractivity contribution in [1.82, 2.24) is 21.3 Å². The summed E-state index contributed by atoms with van der Waals surface area (Å²) in [7, 11) is 0. The summed E-state index contributed by atoms with van der Waals surface area (Å²) in [5, 5.41) is 22.6. The van der Waals surface area contributed by atoms with E-state index in [1.807, 2.05) is 82.5 Å². The lowest BCUT2D eigenvalue weighted by molar-refractivity contribution is -0.132. The van der Waals surface area contributed by atoms with Crippen molar-refractivity contribution in [1.29, 1.82) is 0 Å². The second-order valence-electron chi connectivity index (χ2n) is 12.4. The number of ether oxygens (including phenoxy) is 1. The fourth-order valence-electron chi connectivity index (χ4n) is 4.91. The molecule has 2 rings (SSSR count). The summed E-state index contributed by atoms with van der Waals surface area (Å²) < 4.78 is 5.32. The molecule has 1 aromatic carbocycles. The number of benzene rings is 1. The maximum absolute atomic E-state index is 13.4. The third kappa shape index (κ3) is 14.1. The van der Waals surface area contributed by atoms with Crippen LogP contribution in [0.25, 0.3) is 0 Å². The molecule has 0 radical (unpaired) electrons. The number of nitrogens with one attached hydrogen (secondary N) is 4. The van der Waals surface area contributed by atoms with E-state index >= 15 is 0 Å². The van der Waals surface area contributed by atoms with Crippen LogP contribution in [-0.4, -0.2) is 71.8 Å². The third-order valence-electron chi connectivity index (χ3n) is 7.57. The molecule has 1 aliphatic rings. The number of thioether (sulfide) groups is 1. The first-order valence-corrected chi connectivity index (χ1v) is 17.2. The van der Waals surface area contributed by atoms with Gasteiger partial charge in [-0.05, 0) is 60.7 Å². The highest BCUT2D eigenvalue weighted by atomic mass is 32.2. The summed E-state index contributed by atoms with van der Waals surface area (Å²) in [6.07, 6.45) is 7.65. The minimum absolute atomic E-state index is 0.0774. The highest BCUT2D eigenvalue weighted by Crippen LogP contribution is 2.17. The lowest BCUT2D eigenvalue weighted by atomic mass is 9.91. The molecule has 4 amide bonds. The number of aliphatic hydroxyl groups is 1. The monoisotopic (exact) mass is 644 g/mol. The molecule has 0 saturated carbocycles. The first-order valence-electron chi connectivity index (χ1n) is 15.8. The number of carbonyl (C=O) groups is 4. The van der Waals surface area contributed by atoms with Crippen molar-refractivity contribution in [2.24, 2.45) is 17.8 Å². The third-order valence-corrected chi connectivity index (χ3v) is 8.22. The molecule has 1 aliphatic carbocycles. The Kier molecular flexibility index (Phi) is 16.8. The summed E-state index contributed by atoms with van der Waals surface area (Å²) in [6.45, 7) is 9.89. The highest BCUT2D eigenvalue weighted by molar-refractivity contribution is 7.98. The van der Waals surface area contributed by atoms with Gasteiger partial charge in [0.25, 0.3) is 0 Å². The molecular formula is C34H52N4O6S. The summed E-state index contributed by atoms with van der Waals surface area (Å²) in [6, 6.07) is 7.30. The molecule has 11 heteroatoms. The average molecular weight is 645 g/mol. The van der Waals surface area contributed by atoms with Gasteiger partial charge >= 0.3 is 6.09 Å². The van der Waals surface area contributed by atoms with Crippen LogP contribution in [0.3, 0.4) is 0 Å². The van der Waals surface area contributed by atoms with E-state index in [1.165, 1.54) is 0 Å². The van der Waals surface area contributed by atoms with E-state index in [9.17, 15) is 24.3 Å². The molecule has 0 saturated heterocycles. The number of aliphatic hydroxyl groups excluding tert-OH is 1. The van der Waals surface area contributed by atoms with Gasteiger partial charge in [-0.15, -0.1) is 0 Å². The van der Waals surface area contributed by atoms with Crippen molar-refractivity contribution in [2.75, 3.05) is 18.6 Å². The first-order chi connectivity index (χ1) is 21.4. The summed E-state index contributed by atoms with van der Waals surface area (Å²) in [4.78, 5) is 52.0. The van der Waals surface area contributed by atoms with Crippen molar-refractivity contribution in [3.05, 3.63) is 59.7 Å². The van der Waals surface area contributed by atoms with E-state index < -0.39 is 42.1 Å². The predicted molar refractivity (Wildman–Crippen MR) is 179 cm³/mol. The molecule has 250 valence electrons. The Labute approximate surface area is 272 Å². The van der Waals surface area contributed by atoms with Gasteiger partial charge in [0.05, 0.1) is 12.1 Å². The molecule has 10 nitrogen and oxygen atoms in total. The minimum Gasteiger partial charge on any atom is -0.445 e. The van der Waals surface area contributed by atoms with Gasteiger partial charge in [-0.2, -0.15) is 11.8 Å². The van der Waals surface area contributed by atoms with Crippen molar-refractivity contribution in [3.8, 4) is 0 Å². The van der Waals surface area contributed by atoms with Gasteiger partial charge < -0.3 is 31.1 Å². The molecule has 0 aromatic heterocycles. The van der Waals surface area contributed by atoms with E-state index in [2.05, 4.69) is 21.3 Å². The lowest BCUT2D eigenvalue weighted by Crippen LogP contribution is -2.54. The molecule has 5 atom stereocenters. The summed E-state index contributed by atoms with van der Waals surface area (Å²) in [5.41, 5.74) is 1.93. The van der Waals surface area contributed by atoms with Crippen LogP contribution in [0.5, 0.6) is 0 Å². The van der Waals surface area contributed by atoms with E-state index in [1.54, 1.807) is 18.7 Å². The number of amides is 4. The first kappa shape index (κ1) is 37.9. The molecule has 0 fully saturated rings. The SMILES string of the molecule is CSCC[C@H](NC(=O)OCC1=CC=CC1)C(=O)N[C@@H](CC(C)C)[C@@H](O)C[C@@H](C)C(=O)N[C@H](C(=O)NCc1ccccc1)C(C)C. The van der Waals surface area contributed by atoms with E-state index in [0.717, 1.165) is 17.6 Å². The van der Waals surface area contributed by atoms with E-state index in [-0.39, 0.29) is 36.7 Å². The Hall–Kier alpha value is -3.31. The molecule has 45 heavy (non-hydrogen) atoms. The van der Waals surface area contributed by atoms with E-state index in [4.69, 9.17) is 4.74 Å². The molecule has 0 heterocycles. The molecule has 0 bridgehead atoms. The fourth-order valence-corrected chi connectivity index (χ4v) is 5.38. The molecule has 0 unspecified atom stereocenters. The van der Waals surface area contributed by atoms with E-state index in [0.29, 0.717) is 25.1 Å². The van der Waals surface area contributed by atoms with Gasteiger partial charge in [-0.1, -0.05) is 83.2 Å². The Balaban J connectivity index is 1.99. The van der Waals surface area contributed by atoms with Crippen LogP contribution in [0.2, 0.25) is 0 Å². The number of carbonyl (C=O) groups excluding carboxylic acids is 4. The largest absolute Gasteiger partial charge is 0.445 e. The maximum atomic E-state index is 13.4. The highest BCUT2D eigenvalue weighted by Gasteiger charge is 2.31. The Morgan fingerprint density at radius 3 is 2.24 bits per heavy atom. The van der Waals surface area contributed by atoms with Crippen molar-refractivity contribution >= 4 is 35.6 Å². The topological polar surface area (TPSA) is 146 Å². The average Bonchev–Trinajstić information content (AvgIpc) is 3.53. The maximum Gasteiger partial charge on any atom is 0.408 e. The lowest BCUT2D eigenvalue weighted by Gasteiger charge is -2.30. The van der Waals surface area contributed by atoms with Crippen LogP contribution in [0, 0.1) is 17.8 Å². The van der Waals surface area contributed by atoms with Crippen LogP contribution in [0.15, 0.2) is 54.1 Å². The normalized spacial score (nSPS) is 15.9. The number of hydrogen-bond acceptors (Lipinski definition) is 7. The van der Waals surface area contributed by atoms with Crippen molar-refractivity contribution in [2.45, 2.75) is 91.1 Å². The van der Waals surface area contributed by atoms with Crippen molar-refractivity contribution in [3.63, 3.8) is 0 Å². The summed E-state index contributed by atoms with van der Waals surface area (Å²) >= 11 is 1.55. The van der Waals surface area contributed by atoms with Gasteiger partial charge in [0.15, 0.2) is 0 Å². The van der Waals surface area contributed by atoms with Gasteiger partial charge in [0.2, 0.25) is 17.7 Å². The zero-order valence-electron chi connectivity index (χ0n) is 27.5. The number of allylic oxidation sites excluding steroid dienone is 3. The zero-order chi connectivity index (χ0) is 33.4. The van der Waals surface area contributed by atoms with Gasteiger partial charge in [-0.3, -0.25) is 14.4 Å².